The van der Waals surface area contributed by atoms with Crippen molar-refractivity contribution < 1.29 is 9.59 Å². The molecule has 0 aliphatic heterocycles. The number of amides is 1. The number of aromatic nitrogens is 2. The van der Waals surface area contributed by atoms with Crippen LogP contribution in [-0.4, -0.2) is 27.1 Å². The Kier molecular flexibility index (Phi) is 6.66. The number of rotatable bonds is 7. The molecule has 0 aliphatic rings. The maximum Gasteiger partial charge on any atom is 0.237 e. The number of nitrogens with one attached hydrogen (secondary N) is 2. The molecule has 0 spiro atoms. The monoisotopic (exact) mass is 426 g/mol. The molecule has 6 nitrogen and oxygen atoms in total. The Hall–Kier alpha value is -2.71. The topological polar surface area (TPSA) is 84.0 Å². The Bertz CT molecular complexity index is 1030. The maximum absolute atomic E-state index is 12.5. The van der Waals surface area contributed by atoms with Gasteiger partial charge in [-0.05, 0) is 51.0 Å². The summed E-state index contributed by atoms with van der Waals surface area (Å²) in [6.45, 7) is 7.40. The fourth-order valence-electron chi connectivity index (χ4n) is 2.69. The number of anilines is 3. The summed E-state index contributed by atoms with van der Waals surface area (Å²) in [6, 6.07) is 13.0. The van der Waals surface area contributed by atoms with Crippen LogP contribution < -0.4 is 10.6 Å². The van der Waals surface area contributed by atoms with Gasteiger partial charge in [-0.3, -0.25) is 9.59 Å². The summed E-state index contributed by atoms with van der Waals surface area (Å²) in [4.78, 5) is 24.0. The quantitative estimate of drug-likeness (QED) is 0.398. The molecule has 29 heavy (non-hydrogen) atoms. The lowest BCUT2D eigenvalue weighted by atomic mass is 10.1. The molecule has 0 bridgehead atoms. The van der Waals surface area contributed by atoms with Gasteiger partial charge < -0.3 is 10.6 Å². The van der Waals surface area contributed by atoms with Gasteiger partial charge >= 0.3 is 0 Å². The van der Waals surface area contributed by atoms with Crippen molar-refractivity contribution in [1.82, 2.24) is 10.2 Å². The van der Waals surface area contributed by atoms with Crippen LogP contribution in [0.3, 0.4) is 0 Å². The number of hydrogen-bond acceptors (Lipinski definition) is 7. The Labute approximate surface area is 178 Å². The van der Waals surface area contributed by atoms with Crippen LogP contribution in [0.15, 0.2) is 46.8 Å². The molecular formula is C21H22N4O2S2. The summed E-state index contributed by atoms with van der Waals surface area (Å²) in [7, 11) is 0. The summed E-state index contributed by atoms with van der Waals surface area (Å²) in [5.41, 5.74) is 4.46. The highest BCUT2D eigenvalue weighted by molar-refractivity contribution is 8.02. The second kappa shape index (κ2) is 9.19. The van der Waals surface area contributed by atoms with E-state index in [9.17, 15) is 9.59 Å². The van der Waals surface area contributed by atoms with E-state index in [-0.39, 0.29) is 16.9 Å². The van der Waals surface area contributed by atoms with Crippen LogP contribution in [0.2, 0.25) is 0 Å². The lowest BCUT2D eigenvalue weighted by molar-refractivity contribution is -0.115. The highest BCUT2D eigenvalue weighted by atomic mass is 32.2. The van der Waals surface area contributed by atoms with E-state index >= 15 is 0 Å². The van der Waals surface area contributed by atoms with Gasteiger partial charge in [0.15, 0.2) is 10.1 Å². The Morgan fingerprint density at radius 1 is 1.07 bits per heavy atom. The largest absolute Gasteiger partial charge is 0.330 e. The molecule has 1 atom stereocenters. The van der Waals surface area contributed by atoms with Crippen LogP contribution in [0.5, 0.6) is 0 Å². The first-order chi connectivity index (χ1) is 13.8. The Morgan fingerprint density at radius 3 is 2.45 bits per heavy atom. The number of Topliss-reactive ketones (excluding diaryl/α,β-unsaturated/α-hetero) is 1. The van der Waals surface area contributed by atoms with Crippen molar-refractivity contribution in [1.29, 1.82) is 0 Å². The number of carbonyl (C=O) groups is 2. The molecule has 3 rings (SSSR count). The van der Waals surface area contributed by atoms with Crippen LogP contribution >= 0.6 is 23.1 Å². The molecule has 150 valence electrons. The molecule has 1 amide bonds. The lowest BCUT2D eigenvalue weighted by Crippen LogP contribution is -2.22. The molecule has 2 aromatic carbocycles. The fourth-order valence-corrected chi connectivity index (χ4v) is 4.59. The Balaban J connectivity index is 1.62. The van der Waals surface area contributed by atoms with Crippen molar-refractivity contribution >= 4 is 51.3 Å². The van der Waals surface area contributed by atoms with Gasteiger partial charge in [0, 0.05) is 16.9 Å². The normalized spacial score (nSPS) is 11.7. The third-order valence-electron chi connectivity index (χ3n) is 4.30. The van der Waals surface area contributed by atoms with Gasteiger partial charge in [0.1, 0.15) is 0 Å². The van der Waals surface area contributed by atoms with Gasteiger partial charge in [-0.25, -0.2) is 0 Å². The molecule has 1 heterocycles. The summed E-state index contributed by atoms with van der Waals surface area (Å²) >= 11 is 2.76. The summed E-state index contributed by atoms with van der Waals surface area (Å²) in [6.07, 6.45) is 0. The number of carbonyl (C=O) groups excluding carboxylic acids is 2. The van der Waals surface area contributed by atoms with Crippen LogP contribution in [0.25, 0.3) is 0 Å². The molecular weight excluding hydrogens is 404 g/mol. The second-order valence-corrected chi connectivity index (χ2v) is 9.22. The molecule has 2 N–H and O–H groups in total. The lowest BCUT2D eigenvalue weighted by Gasteiger charge is -2.11. The minimum atomic E-state index is -0.364. The van der Waals surface area contributed by atoms with Gasteiger partial charge in [0.2, 0.25) is 11.0 Å². The first kappa shape index (κ1) is 21.0. The van der Waals surface area contributed by atoms with Gasteiger partial charge in [0.25, 0.3) is 0 Å². The van der Waals surface area contributed by atoms with Crippen molar-refractivity contribution in [2.75, 3.05) is 10.6 Å². The molecule has 0 radical (unpaired) electrons. The van der Waals surface area contributed by atoms with Crippen molar-refractivity contribution in [3.63, 3.8) is 0 Å². The number of benzene rings is 2. The SMILES string of the molecule is CC(=O)c1cccc(NC(=O)[C@H](C)Sc2nnc(Nc3c(C)cccc3C)s2)c1. The van der Waals surface area contributed by atoms with E-state index in [1.165, 1.54) is 30.0 Å². The first-order valence-electron chi connectivity index (χ1n) is 9.08. The van der Waals surface area contributed by atoms with Crippen LogP contribution in [0, 0.1) is 13.8 Å². The molecule has 0 aliphatic carbocycles. The summed E-state index contributed by atoms with van der Waals surface area (Å²) in [5, 5.41) is 14.9. The van der Waals surface area contributed by atoms with E-state index in [1.54, 1.807) is 24.3 Å². The number of aryl methyl sites for hydroxylation is 2. The second-order valence-electron chi connectivity index (χ2n) is 6.65. The zero-order valence-corrected chi connectivity index (χ0v) is 18.3. The molecule has 0 saturated heterocycles. The number of nitrogens with zero attached hydrogens (tertiary/aromatic N) is 2. The van der Waals surface area contributed by atoms with E-state index in [2.05, 4.69) is 20.8 Å². The van der Waals surface area contributed by atoms with Gasteiger partial charge in [-0.1, -0.05) is 53.4 Å². The third kappa shape index (κ3) is 5.42. The predicted molar refractivity (Wildman–Crippen MR) is 120 cm³/mol. The molecule has 3 aromatic rings. The van der Waals surface area contributed by atoms with Crippen LogP contribution in [0.1, 0.15) is 35.3 Å². The average molecular weight is 427 g/mol. The zero-order valence-electron chi connectivity index (χ0n) is 16.6. The van der Waals surface area contributed by atoms with Crippen LogP contribution in [0.4, 0.5) is 16.5 Å². The van der Waals surface area contributed by atoms with Gasteiger partial charge in [0.05, 0.1) is 5.25 Å². The molecule has 0 unspecified atom stereocenters. The highest BCUT2D eigenvalue weighted by Crippen LogP contribution is 2.32. The standard InChI is InChI=1S/C21H22N4O2S2/c1-12-7-5-8-13(2)18(12)23-20-24-25-21(29-20)28-15(4)19(27)22-17-10-6-9-16(11-17)14(3)26/h5-11,15H,1-4H3,(H,22,27)(H,23,24)/t15-/m0/s1. The number of ketones is 1. The minimum absolute atomic E-state index is 0.0405. The van der Waals surface area contributed by atoms with Crippen molar-refractivity contribution in [2.45, 2.75) is 37.3 Å². The van der Waals surface area contributed by atoms with Crippen molar-refractivity contribution in [3.8, 4) is 0 Å². The summed E-state index contributed by atoms with van der Waals surface area (Å²) < 4.78 is 0.707. The van der Waals surface area contributed by atoms with Crippen LogP contribution in [-0.2, 0) is 4.79 Å². The molecule has 1 aromatic heterocycles. The van der Waals surface area contributed by atoms with Gasteiger partial charge in [-0.2, -0.15) is 0 Å². The first-order valence-corrected chi connectivity index (χ1v) is 10.8. The van der Waals surface area contributed by atoms with E-state index in [4.69, 9.17) is 0 Å². The maximum atomic E-state index is 12.5. The van der Waals surface area contributed by atoms with Crippen molar-refractivity contribution in [2.24, 2.45) is 0 Å². The van der Waals surface area contributed by atoms with Gasteiger partial charge in [-0.15, -0.1) is 10.2 Å². The van der Waals surface area contributed by atoms with E-state index in [1.807, 2.05) is 39.0 Å². The smallest absolute Gasteiger partial charge is 0.237 e. The van der Waals surface area contributed by atoms with E-state index < -0.39 is 0 Å². The van der Waals surface area contributed by atoms with Crippen molar-refractivity contribution in [3.05, 3.63) is 59.2 Å². The average Bonchev–Trinajstić information content (AvgIpc) is 3.12. The number of thioether (sulfide) groups is 1. The number of para-hydroxylation sites is 1. The Morgan fingerprint density at radius 2 is 1.76 bits per heavy atom. The zero-order chi connectivity index (χ0) is 21.0. The molecule has 8 heteroatoms. The summed E-state index contributed by atoms with van der Waals surface area (Å²) in [5.74, 6) is -0.198. The fraction of sp³-hybridized carbons (Fsp3) is 0.238. The minimum Gasteiger partial charge on any atom is -0.330 e. The molecule has 0 fully saturated rings. The van der Waals surface area contributed by atoms with E-state index in [0.717, 1.165) is 16.8 Å². The predicted octanol–water partition coefficient (Wildman–Crippen LogP) is 5.22. The highest BCUT2D eigenvalue weighted by Gasteiger charge is 2.18. The third-order valence-corrected chi connectivity index (χ3v) is 6.33. The molecule has 0 saturated carbocycles. The van der Waals surface area contributed by atoms with E-state index in [0.29, 0.717) is 20.7 Å². The number of hydrogen-bond donors (Lipinski definition) is 2.